The average molecular weight is 410 g/mol. The first kappa shape index (κ1) is 23.4. The lowest BCUT2D eigenvalue weighted by Crippen LogP contribution is -2.64. The number of rotatable bonds is 7. The predicted molar refractivity (Wildman–Crippen MR) is 90.9 cm³/mol. The van der Waals surface area contributed by atoms with Crippen LogP contribution in [0.3, 0.4) is 0 Å². The number of aliphatic hydroxyl groups excluding tert-OH is 4. The van der Waals surface area contributed by atoms with Gasteiger partial charge in [-0.2, -0.15) is 0 Å². The van der Waals surface area contributed by atoms with Gasteiger partial charge in [-0.3, -0.25) is 0 Å². The lowest BCUT2D eigenvalue weighted by atomic mass is 9.91. The summed E-state index contributed by atoms with van der Waals surface area (Å²) in [6, 6.07) is 0. The molecule has 8 unspecified atom stereocenters. The highest BCUT2D eigenvalue weighted by Crippen LogP contribution is 2.33. The second-order valence-electron chi connectivity index (χ2n) is 6.77. The monoisotopic (exact) mass is 410 g/mol. The molecule has 11 heteroatoms. The Labute approximate surface area is 163 Å². The first-order chi connectivity index (χ1) is 13.3. The van der Waals surface area contributed by atoms with E-state index < -0.39 is 73.8 Å². The van der Waals surface area contributed by atoms with Crippen LogP contribution in [-0.4, -0.2) is 109 Å². The molecule has 0 saturated carbocycles. The van der Waals surface area contributed by atoms with Gasteiger partial charge in [0.25, 0.3) is 0 Å². The van der Waals surface area contributed by atoms with E-state index in [1.54, 1.807) is 13.8 Å². The number of carbonyl (C=O) groups is 1. The molecular weight excluding hydrogens is 380 g/mol. The molecule has 2 aliphatic heterocycles. The van der Waals surface area contributed by atoms with Crippen LogP contribution in [0.4, 0.5) is 0 Å². The number of carbonyl (C=O) groups excluding carboxylic acids is 1. The zero-order valence-electron chi connectivity index (χ0n) is 16.3. The summed E-state index contributed by atoms with van der Waals surface area (Å²) in [7, 11) is 2.65. The van der Waals surface area contributed by atoms with Crippen LogP contribution in [0.2, 0.25) is 0 Å². The van der Waals surface area contributed by atoms with Crippen LogP contribution in [0.5, 0.6) is 0 Å². The zero-order valence-corrected chi connectivity index (χ0v) is 16.3. The molecular formula is C17H30O11. The van der Waals surface area contributed by atoms with Gasteiger partial charge >= 0.3 is 5.97 Å². The quantitative estimate of drug-likeness (QED) is 0.337. The van der Waals surface area contributed by atoms with E-state index in [9.17, 15) is 25.2 Å². The lowest BCUT2D eigenvalue weighted by Gasteiger charge is -2.46. The van der Waals surface area contributed by atoms with E-state index in [4.69, 9.17) is 28.4 Å². The molecule has 2 heterocycles. The number of methoxy groups -OCH3 is 2. The van der Waals surface area contributed by atoms with Crippen LogP contribution in [0.25, 0.3) is 0 Å². The van der Waals surface area contributed by atoms with Crippen molar-refractivity contribution in [3.8, 4) is 0 Å². The fourth-order valence-corrected chi connectivity index (χ4v) is 3.47. The zero-order chi connectivity index (χ0) is 21.0. The Kier molecular flexibility index (Phi) is 8.55. The van der Waals surface area contributed by atoms with E-state index in [0.29, 0.717) is 0 Å². The summed E-state index contributed by atoms with van der Waals surface area (Å²) in [5.41, 5.74) is 0. The third-order valence-corrected chi connectivity index (χ3v) is 5.01. The third-order valence-electron chi connectivity index (χ3n) is 5.01. The van der Waals surface area contributed by atoms with Crippen molar-refractivity contribution < 1.29 is 53.6 Å². The van der Waals surface area contributed by atoms with Gasteiger partial charge in [0.05, 0.1) is 19.3 Å². The summed E-state index contributed by atoms with van der Waals surface area (Å²) in [5.74, 6) is -1.33. The van der Waals surface area contributed by atoms with E-state index in [-0.39, 0.29) is 6.61 Å². The summed E-state index contributed by atoms with van der Waals surface area (Å²) < 4.78 is 32.0. The molecule has 28 heavy (non-hydrogen) atoms. The van der Waals surface area contributed by atoms with Gasteiger partial charge in [0.1, 0.15) is 30.5 Å². The summed E-state index contributed by atoms with van der Waals surface area (Å²) >= 11 is 0. The van der Waals surface area contributed by atoms with E-state index in [1.165, 1.54) is 14.2 Å². The molecule has 11 nitrogen and oxygen atoms in total. The Hall–Kier alpha value is -0.890. The molecule has 0 aliphatic carbocycles. The van der Waals surface area contributed by atoms with Crippen molar-refractivity contribution in [3.63, 3.8) is 0 Å². The smallest absolute Gasteiger partial charge is 0.338 e. The predicted octanol–water partition coefficient (Wildman–Crippen LogP) is -2.24. The van der Waals surface area contributed by atoms with Crippen LogP contribution in [0, 0.1) is 5.92 Å². The van der Waals surface area contributed by atoms with Gasteiger partial charge < -0.3 is 48.8 Å². The molecule has 0 spiro atoms. The van der Waals surface area contributed by atoms with Gasteiger partial charge in [-0.05, 0) is 6.92 Å². The summed E-state index contributed by atoms with van der Waals surface area (Å²) in [5, 5.41) is 40.4. The molecule has 2 saturated heterocycles. The normalized spacial score (nSPS) is 44.3. The second kappa shape index (κ2) is 10.2. The van der Waals surface area contributed by atoms with Crippen molar-refractivity contribution in [1.29, 1.82) is 0 Å². The van der Waals surface area contributed by atoms with Crippen LogP contribution in [0.15, 0.2) is 0 Å². The molecule has 0 bridgehead atoms. The number of hydrogen-bond acceptors (Lipinski definition) is 11. The van der Waals surface area contributed by atoms with Crippen LogP contribution >= 0.6 is 0 Å². The fraction of sp³-hybridized carbons (Fsp3) is 0.941. The molecule has 164 valence electrons. The lowest BCUT2D eigenvalue weighted by molar-refractivity contribution is -0.345. The maximum absolute atomic E-state index is 12.3. The molecule has 0 aromatic rings. The van der Waals surface area contributed by atoms with Crippen molar-refractivity contribution in [2.24, 2.45) is 5.92 Å². The Bertz CT molecular complexity index is 503. The standard InChI is InChI=1S/C17H30O11/c1-5-25-15(22)14-13(10(20)11(21)17(24-4)28-14)27-16-7(2)12(23-3)9(19)8(6-18)26-16/h7-14,16-21H,5-6H2,1-4H3/t7?,8?,9?,10?,11?,12?,13-,14?,16-,17?/m0/s1. The van der Waals surface area contributed by atoms with E-state index >= 15 is 0 Å². The highest BCUT2D eigenvalue weighted by Gasteiger charge is 2.52. The van der Waals surface area contributed by atoms with Crippen LogP contribution < -0.4 is 0 Å². The molecule has 0 aromatic heterocycles. The second-order valence-corrected chi connectivity index (χ2v) is 6.77. The Morgan fingerprint density at radius 1 is 0.964 bits per heavy atom. The largest absolute Gasteiger partial charge is 0.464 e. The van der Waals surface area contributed by atoms with Crippen molar-refractivity contribution in [2.75, 3.05) is 27.4 Å². The SMILES string of the molecule is CCOC(=O)C1OC(OC)C(O)C(O)[C@@H]1O[C@@H]1OC(CO)C(O)C(OC)C1C. The molecule has 4 N–H and O–H groups in total. The highest BCUT2D eigenvalue weighted by molar-refractivity contribution is 5.75. The summed E-state index contributed by atoms with van der Waals surface area (Å²) in [4.78, 5) is 12.3. The maximum atomic E-state index is 12.3. The van der Waals surface area contributed by atoms with Crippen molar-refractivity contribution in [2.45, 2.75) is 69.2 Å². The average Bonchev–Trinajstić information content (AvgIpc) is 2.68. The van der Waals surface area contributed by atoms with Gasteiger partial charge in [-0.25, -0.2) is 4.79 Å². The molecule has 0 aromatic carbocycles. The van der Waals surface area contributed by atoms with Crippen molar-refractivity contribution in [1.82, 2.24) is 0 Å². The molecule has 10 atom stereocenters. The highest BCUT2D eigenvalue weighted by atomic mass is 16.7. The summed E-state index contributed by atoms with van der Waals surface area (Å²) in [6.07, 6.45) is -10.9. The Morgan fingerprint density at radius 2 is 1.64 bits per heavy atom. The maximum Gasteiger partial charge on any atom is 0.338 e. The Morgan fingerprint density at radius 3 is 2.18 bits per heavy atom. The van der Waals surface area contributed by atoms with Crippen molar-refractivity contribution in [3.05, 3.63) is 0 Å². The van der Waals surface area contributed by atoms with E-state index in [1.807, 2.05) is 0 Å². The first-order valence-electron chi connectivity index (χ1n) is 9.14. The number of aliphatic hydroxyl groups is 4. The minimum absolute atomic E-state index is 0.0720. The van der Waals surface area contributed by atoms with E-state index in [2.05, 4.69) is 0 Å². The molecule has 0 amide bonds. The molecule has 2 rings (SSSR count). The molecule has 2 fully saturated rings. The number of esters is 1. The van der Waals surface area contributed by atoms with Crippen LogP contribution in [-0.2, 0) is 33.2 Å². The van der Waals surface area contributed by atoms with Gasteiger partial charge in [0.15, 0.2) is 18.7 Å². The van der Waals surface area contributed by atoms with Gasteiger partial charge in [0, 0.05) is 20.1 Å². The van der Waals surface area contributed by atoms with Gasteiger partial charge in [-0.15, -0.1) is 0 Å². The third kappa shape index (κ3) is 4.64. The fourth-order valence-electron chi connectivity index (χ4n) is 3.47. The number of hydrogen-bond donors (Lipinski definition) is 4. The van der Waals surface area contributed by atoms with Gasteiger partial charge in [-0.1, -0.05) is 6.92 Å². The Balaban J connectivity index is 2.24. The van der Waals surface area contributed by atoms with Crippen LogP contribution in [0.1, 0.15) is 13.8 Å². The molecule has 0 radical (unpaired) electrons. The number of ether oxygens (including phenoxy) is 6. The molecule has 2 aliphatic rings. The minimum Gasteiger partial charge on any atom is -0.464 e. The first-order valence-corrected chi connectivity index (χ1v) is 9.14. The van der Waals surface area contributed by atoms with Gasteiger partial charge in [0.2, 0.25) is 0 Å². The van der Waals surface area contributed by atoms with E-state index in [0.717, 1.165) is 0 Å². The minimum atomic E-state index is -1.55. The summed E-state index contributed by atoms with van der Waals surface area (Å²) in [6.45, 7) is 2.87. The van der Waals surface area contributed by atoms with Crippen molar-refractivity contribution >= 4 is 5.97 Å². The topological polar surface area (TPSA) is 153 Å².